The van der Waals surface area contributed by atoms with Gasteiger partial charge in [-0.3, -0.25) is 19.4 Å². The fraction of sp³-hybridized carbons (Fsp3) is 0.435. The normalized spacial score (nSPS) is 16.2. The Labute approximate surface area is 198 Å². The van der Waals surface area contributed by atoms with Crippen molar-refractivity contribution in [3.05, 3.63) is 57.7 Å². The van der Waals surface area contributed by atoms with Gasteiger partial charge in [0.2, 0.25) is 5.91 Å². The second-order valence-electron chi connectivity index (χ2n) is 8.07. The standard InChI is InChI=1S/C23H30N6OS2/c1-3-27-10-12-28(13-11-27)16-19-8-5-4-7-18(19)15-24-22(30)17(2)29-21(25-26-23(29)31)20-9-6-14-32-20/h4-9,14,17H,3,10-13,15-16H2,1-2H3,(H,24,30)(H,26,31). The number of benzene rings is 1. The Hall–Kier alpha value is -2.33. The maximum Gasteiger partial charge on any atom is 0.243 e. The fourth-order valence-corrected chi connectivity index (χ4v) is 5.08. The predicted molar refractivity (Wildman–Crippen MR) is 131 cm³/mol. The third kappa shape index (κ3) is 5.17. The van der Waals surface area contributed by atoms with Crippen molar-refractivity contribution in [1.82, 2.24) is 29.9 Å². The Morgan fingerprint density at radius 1 is 1.16 bits per heavy atom. The number of amides is 1. The van der Waals surface area contributed by atoms with Crippen LogP contribution in [0.2, 0.25) is 0 Å². The molecular formula is C23H30N6OS2. The molecule has 0 saturated carbocycles. The highest BCUT2D eigenvalue weighted by atomic mass is 32.1. The maximum absolute atomic E-state index is 13.0. The van der Waals surface area contributed by atoms with Crippen molar-refractivity contribution in [2.45, 2.75) is 33.0 Å². The summed E-state index contributed by atoms with van der Waals surface area (Å²) in [5, 5.41) is 12.3. The number of carbonyl (C=O) groups excluding carboxylic acids is 1. The van der Waals surface area contributed by atoms with Gasteiger partial charge in [0.25, 0.3) is 0 Å². The number of nitrogens with one attached hydrogen (secondary N) is 2. The van der Waals surface area contributed by atoms with Gasteiger partial charge in [-0.05, 0) is 48.3 Å². The van der Waals surface area contributed by atoms with Gasteiger partial charge in [0, 0.05) is 39.3 Å². The van der Waals surface area contributed by atoms with E-state index in [2.05, 4.69) is 50.4 Å². The lowest BCUT2D eigenvalue weighted by Gasteiger charge is -2.34. The summed E-state index contributed by atoms with van der Waals surface area (Å²) in [6, 6.07) is 11.8. The maximum atomic E-state index is 13.0. The first-order valence-corrected chi connectivity index (χ1v) is 12.4. The van der Waals surface area contributed by atoms with Crippen molar-refractivity contribution in [3.8, 4) is 10.7 Å². The molecule has 2 aromatic heterocycles. The molecule has 1 fully saturated rings. The van der Waals surface area contributed by atoms with Crippen LogP contribution < -0.4 is 5.32 Å². The summed E-state index contributed by atoms with van der Waals surface area (Å²) >= 11 is 6.98. The number of aromatic nitrogens is 3. The van der Waals surface area contributed by atoms with E-state index < -0.39 is 6.04 Å². The second kappa shape index (κ2) is 10.5. The molecule has 1 amide bonds. The van der Waals surface area contributed by atoms with Crippen molar-refractivity contribution >= 4 is 29.5 Å². The largest absolute Gasteiger partial charge is 0.350 e. The van der Waals surface area contributed by atoms with Crippen LogP contribution in [-0.4, -0.2) is 63.2 Å². The van der Waals surface area contributed by atoms with Crippen LogP contribution in [0.5, 0.6) is 0 Å². The Morgan fingerprint density at radius 2 is 1.88 bits per heavy atom. The number of rotatable bonds is 8. The third-order valence-electron chi connectivity index (χ3n) is 6.09. The zero-order valence-corrected chi connectivity index (χ0v) is 20.2. The van der Waals surface area contributed by atoms with E-state index in [1.165, 1.54) is 5.56 Å². The quantitative estimate of drug-likeness (QED) is 0.492. The SMILES string of the molecule is CCN1CCN(Cc2ccccc2CNC(=O)C(C)n2c(-c3cccs3)n[nH]c2=S)CC1. The van der Waals surface area contributed by atoms with Crippen LogP contribution in [-0.2, 0) is 17.9 Å². The van der Waals surface area contributed by atoms with E-state index >= 15 is 0 Å². The Morgan fingerprint density at radius 3 is 2.56 bits per heavy atom. The minimum atomic E-state index is -0.465. The van der Waals surface area contributed by atoms with Gasteiger partial charge in [-0.1, -0.05) is 37.3 Å². The smallest absolute Gasteiger partial charge is 0.243 e. The molecule has 7 nitrogen and oxygen atoms in total. The van der Waals surface area contributed by atoms with Crippen molar-refractivity contribution < 1.29 is 4.79 Å². The van der Waals surface area contributed by atoms with Gasteiger partial charge in [0.1, 0.15) is 6.04 Å². The first-order valence-electron chi connectivity index (χ1n) is 11.1. The van der Waals surface area contributed by atoms with E-state index in [1.54, 1.807) is 15.9 Å². The number of carbonyl (C=O) groups is 1. The molecule has 170 valence electrons. The van der Waals surface area contributed by atoms with Crippen LogP contribution >= 0.6 is 23.6 Å². The molecule has 0 radical (unpaired) electrons. The monoisotopic (exact) mass is 470 g/mol. The van der Waals surface area contributed by atoms with Crippen molar-refractivity contribution in [1.29, 1.82) is 0 Å². The molecule has 1 aromatic carbocycles. The summed E-state index contributed by atoms with van der Waals surface area (Å²) in [5.41, 5.74) is 2.42. The van der Waals surface area contributed by atoms with Gasteiger partial charge in [0.15, 0.2) is 10.6 Å². The number of H-pyrrole nitrogens is 1. The third-order valence-corrected chi connectivity index (χ3v) is 7.24. The van der Waals surface area contributed by atoms with E-state index in [1.807, 2.05) is 30.5 Å². The summed E-state index contributed by atoms with van der Waals surface area (Å²) in [4.78, 5) is 19.0. The fourth-order valence-electron chi connectivity index (χ4n) is 4.08. The van der Waals surface area contributed by atoms with E-state index in [4.69, 9.17) is 12.2 Å². The van der Waals surface area contributed by atoms with Crippen LogP contribution in [0, 0.1) is 4.77 Å². The molecule has 1 aliphatic rings. The number of piperazine rings is 1. The molecule has 1 aliphatic heterocycles. The predicted octanol–water partition coefficient (Wildman–Crippen LogP) is 3.68. The van der Waals surface area contributed by atoms with Crippen LogP contribution in [0.1, 0.15) is 31.0 Å². The van der Waals surface area contributed by atoms with E-state index in [0.717, 1.165) is 49.7 Å². The summed E-state index contributed by atoms with van der Waals surface area (Å²) in [5.74, 6) is 0.617. The number of hydrogen-bond donors (Lipinski definition) is 2. The van der Waals surface area contributed by atoms with Gasteiger partial charge in [-0.15, -0.1) is 11.3 Å². The van der Waals surface area contributed by atoms with Gasteiger partial charge >= 0.3 is 0 Å². The molecular weight excluding hydrogens is 440 g/mol. The number of likely N-dealkylation sites (N-methyl/N-ethyl adjacent to an activating group) is 1. The lowest BCUT2D eigenvalue weighted by molar-refractivity contribution is -0.124. The molecule has 1 saturated heterocycles. The second-order valence-corrected chi connectivity index (χ2v) is 9.41. The Bertz CT molecular complexity index is 1080. The van der Waals surface area contributed by atoms with Crippen molar-refractivity contribution in [2.24, 2.45) is 0 Å². The average molecular weight is 471 g/mol. The first kappa shape index (κ1) is 22.8. The summed E-state index contributed by atoms with van der Waals surface area (Å²) < 4.78 is 2.23. The molecule has 0 spiro atoms. The Kier molecular flexibility index (Phi) is 7.51. The average Bonchev–Trinajstić information content (AvgIpc) is 3.48. The number of hydrogen-bond acceptors (Lipinski definition) is 6. The van der Waals surface area contributed by atoms with Crippen LogP contribution in [0.4, 0.5) is 0 Å². The van der Waals surface area contributed by atoms with Crippen molar-refractivity contribution in [3.63, 3.8) is 0 Å². The number of aromatic amines is 1. The van der Waals surface area contributed by atoms with Gasteiger partial charge in [-0.25, -0.2) is 0 Å². The number of thiophene rings is 1. The van der Waals surface area contributed by atoms with E-state index in [-0.39, 0.29) is 5.91 Å². The highest BCUT2D eigenvalue weighted by Gasteiger charge is 2.22. The van der Waals surface area contributed by atoms with Crippen LogP contribution in [0.3, 0.4) is 0 Å². The molecule has 1 unspecified atom stereocenters. The van der Waals surface area contributed by atoms with Crippen LogP contribution in [0.15, 0.2) is 41.8 Å². The molecule has 9 heteroatoms. The number of nitrogens with zero attached hydrogens (tertiary/aromatic N) is 4. The molecule has 1 atom stereocenters. The van der Waals surface area contributed by atoms with Crippen molar-refractivity contribution in [2.75, 3.05) is 32.7 Å². The summed E-state index contributed by atoms with van der Waals surface area (Å²) in [7, 11) is 0. The van der Waals surface area contributed by atoms with Gasteiger partial charge in [0.05, 0.1) is 4.88 Å². The molecule has 4 rings (SSSR count). The first-order chi connectivity index (χ1) is 15.6. The molecule has 0 bridgehead atoms. The molecule has 3 heterocycles. The van der Waals surface area contributed by atoms with E-state index in [0.29, 0.717) is 17.1 Å². The minimum Gasteiger partial charge on any atom is -0.350 e. The minimum absolute atomic E-state index is 0.0772. The molecule has 2 N–H and O–H groups in total. The lowest BCUT2D eigenvalue weighted by atomic mass is 10.1. The van der Waals surface area contributed by atoms with Gasteiger partial charge in [-0.2, -0.15) is 5.10 Å². The molecule has 0 aliphatic carbocycles. The molecule has 3 aromatic rings. The molecule has 32 heavy (non-hydrogen) atoms. The highest BCUT2D eigenvalue weighted by molar-refractivity contribution is 7.71. The Balaban J connectivity index is 1.41. The zero-order chi connectivity index (χ0) is 22.5. The van der Waals surface area contributed by atoms with Gasteiger partial charge < -0.3 is 10.2 Å². The highest BCUT2D eigenvalue weighted by Crippen LogP contribution is 2.25. The zero-order valence-electron chi connectivity index (χ0n) is 18.6. The van der Waals surface area contributed by atoms with E-state index in [9.17, 15) is 4.79 Å². The van der Waals surface area contributed by atoms with Crippen LogP contribution in [0.25, 0.3) is 10.7 Å². The summed E-state index contributed by atoms with van der Waals surface area (Å²) in [6.45, 7) is 11.0. The lowest BCUT2D eigenvalue weighted by Crippen LogP contribution is -2.45. The summed E-state index contributed by atoms with van der Waals surface area (Å²) in [6.07, 6.45) is 0. The topological polar surface area (TPSA) is 69.2 Å².